The van der Waals surface area contributed by atoms with Gasteiger partial charge in [-0.2, -0.15) is 11.3 Å². The van der Waals surface area contributed by atoms with Crippen LogP contribution in [0.25, 0.3) is 0 Å². The van der Waals surface area contributed by atoms with Gasteiger partial charge in [0, 0.05) is 25.2 Å². The molecule has 0 aliphatic carbocycles. The van der Waals surface area contributed by atoms with Gasteiger partial charge in [-0.3, -0.25) is 4.90 Å². The molecule has 1 N–H and O–H groups in total. The first kappa shape index (κ1) is 13.1. The summed E-state index contributed by atoms with van der Waals surface area (Å²) in [6, 6.07) is 3.65. The Kier molecular flexibility index (Phi) is 5.01. The Morgan fingerprint density at radius 2 is 2.47 bits per heavy atom. The smallest absolute Gasteiger partial charge is 0.0207 e. The third-order valence-electron chi connectivity index (χ3n) is 3.64. The number of rotatable bonds is 6. The summed E-state index contributed by atoms with van der Waals surface area (Å²) in [6.07, 6.45) is 3.75. The van der Waals surface area contributed by atoms with Gasteiger partial charge in [0.25, 0.3) is 0 Å². The summed E-state index contributed by atoms with van der Waals surface area (Å²) < 4.78 is 0. The second kappa shape index (κ2) is 6.53. The second-order valence-corrected chi connectivity index (χ2v) is 5.90. The summed E-state index contributed by atoms with van der Waals surface area (Å²) in [5.41, 5.74) is 1.49. The number of nitrogens with zero attached hydrogens (tertiary/aromatic N) is 1. The maximum atomic E-state index is 3.64. The highest BCUT2D eigenvalue weighted by atomic mass is 32.1. The first-order valence-corrected chi connectivity index (χ1v) is 7.72. The van der Waals surface area contributed by atoms with E-state index in [0.717, 1.165) is 12.6 Å². The maximum Gasteiger partial charge on any atom is 0.0207 e. The minimum absolute atomic E-state index is 0.679. The molecule has 2 rings (SSSR count). The molecule has 1 fully saturated rings. The summed E-state index contributed by atoms with van der Waals surface area (Å²) in [7, 11) is 0. The van der Waals surface area contributed by atoms with Crippen molar-refractivity contribution in [1.29, 1.82) is 0 Å². The second-order valence-electron chi connectivity index (χ2n) is 5.12. The molecule has 2 nitrogen and oxygen atoms in total. The first-order valence-electron chi connectivity index (χ1n) is 6.78. The maximum absolute atomic E-state index is 3.64. The van der Waals surface area contributed by atoms with E-state index in [1.807, 2.05) is 0 Å². The molecule has 17 heavy (non-hydrogen) atoms. The minimum Gasteiger partial charge on any atom is -0.313 e. The van der Waals surface area contributed by atoms with Crippen LogP contribution in [0.3, 0.4) is 0 Å². The van der Waals surface area contributed by atoms with Crippen molar-refractivity contribution >= 4 is 11.3 Å². The van der Waals surface area contributed by atoms with Crippen LogP contribution >= 0.6 is 11.3 Å². The lowest BCUT2D eigenvalue weighted by Gasteiger charge is -2.24. The summed E-state index contributed by atoms with van der Waals surface area (Å²) in [4.78, 5) is 2.63. The molecule has 1 aromatic heterocycles. The molecule has 96 valence electrons. The van der Waals surface area contributed by atoms with E-state index in [0.29, 0.717) is 6.04 Å². The Labute approximate surface area is 109 Å². The molecule has 2 heterocycles. The van der Waals surface area contributed by atoms with Crippen molar-refractivity contribution in [2.75, 3.05) is 19.6 Å². The van der Waals surface area contributed by atoms with Crippen LogP contribution in [0.5, 0.6) is 0 Å². The molecular weight excluding hydrogens is 228 g/mol. The van der Waals surface area contributed by atoms with Crippen molar-refractivity contribution in [2.45, 2.75) is 45.2 Å². The standard InChI is InChI=1S/C14H24N2S/c1-3-6-15-14-4-7-16(10-14)12(2)9-13-5-8-17-11-13/h5,8,11-12,14-15H,3-4,6-7,9-10H2,1-2H3. The van der Waals surface area contributed by atoms with E-state index in [9.17, 15) is 0 Å². The number of hydrogen-bond donors (Lipinski definition) is 1. The van der Waals surface area contributed by atoms with Gasteiger partial charge >= 0.3 is 0 Å². The average Bonchev–Trinajstić information content (AvgIpc) is 2.96. The van der Waals surface area contributed by atoms with Gasteiger partial charge in [0.2, 0.25) is 0 Å². The van der Waals surface area contributed by atoms with Crippen molar-refractivity contribution < 1.29 is 0 Å². The quantitative estimate of drug-likeness (QED) is 0.837. The molecule has 2 atom stereocenters. The van der Waals surface area contributed by atoms with E-state index in [1.165, 1.54) is 37.9 Å². The Hall–Kier alpha value is -0.380. The van der Waals surface area contributed by atoms with E-state index < -0.39 is 0 Å². The van der Waals surface area contributed by atoms with E-state index in [-0.39, 0.29) is 0 Å². The fraction of sp³-hybridized carbons (Fsp3) is 0.714. The zero-order chi connectivity index (χ0) is 12.1. The third kappa shape index (κ3) is 3.80. The van der Waals surface area contributed by atoms with Crippen LogP contribution in [-0.2, 0) is 6.42 Å². The summed E-state index contributed by atoms with van der Waals surface area (Å²) in [5, 5.41) is 8.09. The van der Waals surface area contributed by atoms with Crippen molar-refractivity contribution in [3.05, 3.63) is 22.4 Å². The Balaban J connectivity index is 1.75. The van der Waals surface area contributed by atoms with Gasteiger partial charge in [0.15, 0.2) is 0 Å². The van der Waals surface area contributed by atoms with Crippen LogP contribution in [-0.4, -0.2) is 36.6 Å². The molecule has 0 radical (unpaired) electrons. The van der Waals surface area contributed by atoms with Gasteiger partial charge in [-0.1, -0.05) is 6.92 Å². The normalized spacial score (nSPS) is 23.1. The minimum atomic E-state index is 0.679. The first-order chi connectivity index (χ1) is 8.29. The molecule has 0 bridgehead atoms. The van der Waals surface area contributed by atoms with Gasteiger partial charge in [-0.05, 0) is 55.1 Å². The van der Waals surface area contributed by atoms with Crippen LogP contribution in [0.4, 0.5) is 0 Å². The molecular formula is C14H24N2S. The van der Waals surface area contributed by atoms with Gasteiger partial charge in [0.1, 0.15) is 0 Å². The topological polar surface area (TPSA) is 15.3 Å². The molecule has 0 saturated carbocycles. The fourth-order valence-corrected chi connectivity index (χ4v) is 3.26. The van der Waals surface area contributed by atoms with Gasteiger partial charge in [0.05, 0.1) is 0 Å². The van der Waals surface area contributed by atoms with Crippen molar-refractivity contribution in [3.63, 3.8) is 0 Å². The zero-order valence-electron chi connectivity index (χ0n) is 11.0. The lowest BCUT2D eigenvalue weighted by molar-refractivity contribution is 0.251. The SMILES string of the molecule is CCCNC1CCN(C(C)Cc2ccsc2)C1. The van der Waals surface area contributed by atoms with Crippen LogP contribution in [0.1, 0.15) is 32.3 Å². The fourth-order valence-electron chi connectivity index (χ4n) is 2.58. The largest absolute Gasteiger partial charge is 0.313 e. The van der Waals surface area contributed by atoms with Crippen LogP contribution in [0.2, 0.25) is 0 Å². The van der Waals surface area contributed by atoms with Gasteiger partial charge < -0.3 is 5.32 Å². The number of hydrogen-bond acceptors (Lipinski definition) is 3. The highest BCUT2D eigenvalue weighted by Gasteiger charge is 2.25. The summed E-state index contributed by atoms with van der Waals surface area (Å²) in [5.74, 6) is 0. The molecule has 1 aliphatic heterocycles. The Bertz CT molecular complexity index is 310. The highest BCUT2D eigenvalue weighted by Crippen LogP contribution is 2.17. The van der Waals surface area contributed by atoms with Gasteiger partial charge in [-0.25, -0.2) is 0 Å². The van der Waals surface area contributed by atoms with Gasteiger partial charge in [-0.15, -0.1) is 0 Å². The Morgan fingerprint density at radius 3 is 3.18 bits per heavy atom. The van der Waals surface area contributed by atoms with Crippen LogP contribution in [0, 0.1) is 0 Å². The van der Waals surface area contributed by atoms with E-state index >= 15 is 0 Å². The average molecular weight is 252 g/mol. The summed E-state index contributed by atoms with van der Waals surface area (Å²) in [6.45, 7) is 8.24. The van der Waals surface area contributed by atoms with E-state index in [2.05, 4.69) is 40.9 Å². The predicted molar refractivity (Wildman–Crippen MR) is 75.8 cm³/mol. The predicted octanol–water partition coefficient (Wildman–Crippen LogP) is 2.75. The van der Waals surface area contributed by atoms with Crippen molar-refractivity contribution in [1.82, 2.24) is 10.2 Å². The van der Waals surface area contributed by atoms with Crippen molar-refractivity contribution in [3.8, 4) is 0 Å². The third-order valence-corrected chi connectivity index (χ3v) is 4.37. The lowest BCUT2D eigenvalue weighted by atomic mass is 10.1. The molecule has 0 aromatic carbocycles. The summed E-state index contributed by atoms with van der Waals surface area (Å²) >= 11 is 1.80. The molecule has 0 amide bonds. The lowest BCUT2D eigenvalue weighted by Crippen LogP contribution is -2.37. The number of thiophene rings is 1. The Morgan fingerprint density at radius 1 is 1.59 bits per heavy atom. The highest BCUT2D eigenvalue weighted by molar-refractivity contribution is 7.07. The molecule has 0 spiro atoms. The molecule has 1 aliphatic rings. The number of likely N-dealkylation sites (tertiary alicyclic amines) is 1. The molecule has 3 heteroatoms. The van der Waals surface area contributed by atoms with Crippen LogP contribution < -0.4 is 5.32 Å². The molecule has 1 saturated heterocycles. The zero-order valence-corrected chi connectivity index (χ0v) is 11.8. The van der Waals surface area contributed by atoms with E-state index in [4.69, 9.17) is 0 Å². The molecule has 2 unspecified atom stereocenters. The van der Waals surface area contributed by atoms with Crippen LogP contribution in [0.15, 0.2) is 16.8 Å². The monoisotopic (exact) mass is 252 g/mol. The molecule has 1 aromatic rings. The number of nitrogens with one attached hydrogen (secondary N) is 1. The van der Waals surface area contributed by atoms with Crippen molar-refractivity contribution in [2.24, 2.45) is 0 Å². The van der Waals surface area contributed by atoms with E-state index in [1.54, 1.807) is 11.3 Å².